The van der Waals surface area contributed by atoms with Crippen LogP contribution in [0.5, 0.6) is 11.5 Å². The lowest BCUT2D eigenvalue weighted by Crippen LogP contribution is -2.17. The number of rotatable bonds is 9. The van der Waals surface area contributed by atoms with Gasteiger partial charge in [-0.2, -0.15) is 0 Å². The topological polar surface area (TPSA) is 105 Å². The zero-order valence-corrected chi connectivity index (χ0v) is 15.3. The minimum absolute atomic E-state index is 0.652. The molecule has 2 rings (SSSR count). The number of ether oxygens (including phenoxy) is 2. The first kappa shape index (κ1) is 22.0. The van der Waals surface area contributed by atoms with E-state index in [1.807, 2.05) is 37.3 Å². The SMILES string of the molecule is CCOc1ccccc1OCCCNCc1ccccc1.O=C(O)C(=O)O. The Bertz CT molecular complexity index is 678. The van der Waals surface area contributed by atoms with Crippen molar-refractivity contribution in [2.24, 2.45) is 0 Å². The van der Waals surface area contributed by atoms with Crippen LogP contribution in [0, 0.1) is 0 Å². The lowest BCUT2D eigenvalue weighted by molar-refractivity contribution is -0.159. The third-order valence-electron chi connectivity index (χ3n) is 3.26. The van der Waals surface area contributed by atoms with Crippen molar-refractivity contribution >= 4 is 11.9 Å². The van der Waals surface area contributed by atoms with E-state index in [-0.39, 0.29) is 0 Å². The molecule has 0 aliphatic carbocycles. The Kier molecular flexibility index (Phi) is 10.7. The van der Waals surface area contributed by atoms with Crippen LogP contribution in [0.15, 0.2) is 54.6 Å². The second kappa shape index (κ2) is 13.2. The van der Waals surface area contributed by atoms with Gasteiger partial charge < -0.3 is 25.0 Å². The molecule has 0 spiro atoms. The first-order valence-corrected chi connectivity index (χ1v) is 8.60. The predicted octanol–water partition coefficient (Wildman–Crippen LogP) is 2.80. The normalized spacial score (nSPS) is 9.67. The monoisotopic (exact) mass is 375 g/mol. The summed E-state index contributed by atoms with van der Waals surface area (Å²) in [5.74, 6) is -2.01. The van der Waals surface area contributed by atoms with Gasteiger partial charge in [0.25, 0.3) is 0 Å². The molecule has 0 aliphatic heterocycles. The van der Waals surface area contributed by atoms with Crippen LogP contribution in [0.2, 0.25) is 0 Å². The maximum Gasteiger partial charge on any atom is 0.414 e. The van der Waals surface area contributed by atoms with Crippen LogP contribution in [0.4, 0.5) is 0 Å². The third-order valence-corrected chi connectivity index (χ3v) is 3.26. The Morgan fingerprint density at radius 1 is 0.889 bits per heavy atom. The lowest BCUT2D eigenvalue weighted by atomic mass is 10.2. The molecule has 0 saturated heterocycles. The number of carboxylic acids is 2. The highest BCUT2D eigenvalue weighted by molar-refractivity contribution is 6.27. The molecule has 0 radical (unpaired) electrons. The van der Waals surface area contributed by atoms with Crippen LogP contribution >= 0.6 is 0 Å². The van der Waals surface area contributed by atoms with Crippen LogP contribution < -0.4 is 14.8 Å². The molecule has 2 aromatic carbocycles. The molecule has 0 saturated carbocycles. The van der Waals surface area contributed by atoms with Crippen LogP contribution in [0.1, 0.15) is 18.9 Å². The molecule has 0 heterocycles. The van der Waals surface area contributed by atoms with Crippen LogP contribution in [0.3, 0.4) is 0 Å². The Labute approximate surface area is 158 Å². The highest BCUT2D eigenvalue weighted by Crippen LogP contribution is 2.26. The van der Waals surface area contributed by atoms with E-state index in [0.29, 0.717) is 13.2 Å². The van der Waals surface area contributed by atoms with Crippen molar-refractivity contribution in [1.29, 1.82) is 0 Å². The summed E-state index contributed by atoms with van der Waals surface area (Å²) >= 11 is 0. The van der Waals surface area contributed by atoms with Crippen LogP contribution in [-0.4, -0.2) is 41.9 Å². The fourth-order valence-electron chi connectivity index (χ4n) is 2.05. The molecule has 3 N–H and O–H groups in total. The summed E-state index contributed by atoms with van der Waals surface area (Å²) in [6.07, 6.45) is 0.966. The van der Waals surface area contributed by atoms with Gasteiger partial charge in [0.05, 0.1) is 13.2 Å². The highest BCUT2D eigenvalue weighted by atomic mass is 16.5. The zero-order chi connectivity index (χ0) is 19.9. The van der Waals surface area contributed by atoms with Gasteiger partial charge in [0.2, 0.25) is 0 Å². The van der Waals surface area contributed by atoms with Gasteiger partial charge in [-0.3, -0.25) is 0 Å². The summed E-state index contributed by atoms with van der Waals surface area (Å²) in [5, 5.41) is 18.2. The quantitative estimate of drug-likeness (QED) is 0.457. The van der Waals surface area contributed by atoms with Gasteiger partial charge >= 0.3 is 11.9 Å². The Hall–Kier alpha value is -3.06. The first-order chi connectivity index (χ1) is 13.0. The summed E-state index contributed by atoms with van der Waals surface area (Å²) in [7, 11) is 0. The number of nitrogens with one attached hydrogen (secondary N) is 1. The second-order valence-corrected chi connectivity index (χ2v) is 5.35. The number of aliphatic carboxylic acids is 2. The van der Waals surface area contributed by atoms with Gasteiger partial charge in [0.15, 0.2) is 11.5 Å². The number of para-hydroxylation sites is 2. The smallest absolute Gasteiger partial charge is 0.414 e. The fourth-order valence-corrected chi connectivity index (χ4v) is 2.05. The Morgan fingerprint density at radius 2 is 1.44 bits per heavy atom. The Balaban J connectivity index is 0.000000527. The molecular formula is C20H25NO6. The third kappa shape index (κ3) is 9.86. The van der Waals surface area contributed by atoms with Crippen molar-refractivity contribution in [2.75, 3.05) is 19.8 Å². The summed E-state index contributed by atoms with van der Waals surface area (Å²) < 4.78 is 11.3. The molecule has 0 fully saturated rings. The van der Waals surface area contributed by atoms with Crippen LogP contribution in [0.25, 0.3) is 0 Å². The largest absolute Gasteiger partial charge is 0.490 e. The van der Waals surface area contributed by atoms with E-state index in [1.165, 1.54) is 5.56 Å². The van der Waals surface area contributed by atoms with Crippen molar-refractivity contribution in [3.8, 4) is 11.5 Å². The average molecular weight is 375 g/mol. The van der Waals surface area contributed by atoms with E-state index in [1.54, 1.807) is 0 Å². The molecule has 0 aromatic heterocycles. The number of hydrogen-bond acceptors (Lipinski definition) is 5. The summed E-state index contributed by atoms with van der Waals surface area (Å²) in [6, 6.07) is 18.2. The average Bonchev–Trinajstić information content (AvgIpc) is 2.67. The summed E-state index contributed by atoms with van der Waals surface area (Å²) in [6.45, 7) is 5.15. The Morgan fingerprint density at radius 3 is 2.00 bits per heavy atom. The molecule has 0 unspecified atom stereocenters. The van der Waals surface area contributed by atoms with E-state index < -0.39 is 11.9 Å². The number of hydrogen-bond donors (Lipinski definition) is 3. The number of benzene rings is 2. The first-order valence-electron chi connectivity index (χ1n) is 8.60. The minimum Gasteiger partial charge on any atom is -0.490 e. The standard InChI is InChI=1S/C18H23NO2.C2H2O4/c1-2-20-17-11-6-7-12-18(17)21-14-8-13-19-15-16-9-4-3-5-10-16;3-1(4)2(5)6/h3-7,9-12,19H,2,8,13-15H2,1H3;(H,3,4)(H,5,6). The van der Waals surface area contributed by atoms with E-state index >= 15 is 0 Å². The molecule has 146 valence electrons. The molecule has 7 nitrogen and oxygen atoms in total. The molecule has 2 aromatic rings. The van der Waals surface area contributed by atoms with E-state index in [2.05, 4.69) is 29.6 Å². The second-order valence-electron chi connectivity index (χ2n) is 5.35. The van der Waals surface area contributed by atoms with Gasteiger partial charge in [-0.05, 0) is 37.6 Å². The fraction of sp³-hybridized carbons (Fsp3) is 0.300. The molecular weight excluding hydrogens is 350 g/mol. The molecule has 0 bridgehead atoms. The van der Waals surface area contributed by atoms with E-state index in [4.69, 9.17) is 29.3 Å². The molecule has 0 atom stereocenters. The lowest BCUT2D eigenvalue weighted by Gasteiger charge is -2.11. The van der Waals surface area contributed by atoms with Crippen molar-refractivity contribution < 1.29 is 29.3 Å². The van der Waals surface area contributed by atoms with E-state index in [9.17, 15) is 0 Å². The minimum atomic E-state index is -1.82. The molecule has 27 heavy (non-hydrogen) atoms. The van der Waals surface area contributed by atoms with Gasteiger partial charge in [-0.1, -0.05) is 42.5 Å². The van der Waals surface area contributed by atoms with Crippen LogP contribution in [-0.2, 0) is 16.1 Å². The summed E-state index contributed by atoms with van der Waals surface area (Å²) in [5.41, 5.74) is 1.31. The van der Waals surface area contributed by atoms with Gasteiger partial charge in [-0.25, -0.2) is 9.59 Å². The number of carboxylic acid groups (broad SMARTS) is 2. The van der Waals surface area contributed by atoms with Crippen molar-refractivity contribution in [1.82, 2.24) is 5.32 Å². The van der Waals surface area contributed by atoms with Crippen molar-refractivity contribution in [3.63, 3.8) is 0 Å². The van der Waals surface area contributed by atoms with Crippen molar-refractivity contribution in [3.05, 3.63) is 60.2 Å². The van der Waals surface area contributed by atoms with Gasteiger partial charge in [-0.15, -0.1) is 0 Å². The molecule has 0 amide bonds. The summed E-state index contributed by atoms with van der Waals surface area (Å²) in [4.78, 5) is 18.2. The predicted molar refractivity (Wildman–Crippen MR) is 101 cm³/mol. The maximum absolute atomic E-state index is 9.10. The number of carbonyl (C=O) groups is 2. The van der Waals surface area contributed by atoms with Gasteiger partial charge in [0.1, 0.15) is 0 Å². The van der Waals surface area contributed by atoms with E-state index in [0.717, 1.165) is 31.0 Å². The molecule has 7 heteroatoms. The van der Waals surface area contributed by atoms with Crippen molar-refractivity contribution in [2.45, 2.75) is 19.9 Å². The molecule has 0 aliphatic rings. The maximum atomic E-state index is 9.10. The van der Waals surface area contributed by atoms with Gasteiger partial charge in [0, 0.05) is 6.54 Å². The highest BCUT2D eigenvalue weighted by Gasteiger charge is 2.04. The zero-order valence-electron chi connectivity index (χ0n) is 15.3.